The Morgan fingerprint density at radius 3 is 2.65 bits per heavy atom. The van der Waals surface area contributed by atoms with Crippen molar-refractivity contribution in [3.63, 3.8) is 0 Å². The Morgan fingerprint density at radius 1 is 1.20 bits per heavy atom. The summed E-state index contributed by atoms with van der Waals surface area (Å²) in [6.45, 7) is 2.67. The summed E-state index contributed by atoms with van der Waals surface area (Å²) in [6, 6.07) is 7.47. The molecule has 0 heterocycles. The molecule has 0 aliphatic heterocycles. The molecule has 110 valence electrons. The summed E-state index contributed by atoms with van der Waals surface area (Å²) >= 11 is 0. The summed E-state index contributed by atoms with van der Waals surface area (Å²) in [4.78, 5) is 22.6. The maximum absolute atomic E-state index is 11.6. The van der Waals surface area contributed by atoms with Crippen LogP contribution in [0, 0.1) is 0 Å². The van der Waals surface area contributed by atoms with Gasteiger partial charge in [-0.3, -0.25) is 4.79 Å². The summed E-state index contributed by atoms with van der Waals surface area (Å²) in [5, 5.41) is 5.26. The lowest BCUT2D eigenvalue weighted by atomic mass is 10.2. The molecule has 1 aromatic rings. The number of carbonyl (C=O) groups excluding carboxylic acids is 2. The van der Waals surface area contributed by atoms with Crippen LogP contribution in [0.25, 0.3) is 0 Å². The maximum atomic E-state index is 11.6. The summed E-state index contributed by atoms with van der Waals surface area (Å²) in [5.41, 5.74) is 0.904. The molecular formula is C14H20N2O4. The molecule has 0 saturated heterocycles. The van der Waals surface area contributed by atoms with Crippen LogP contribution in [-0.4, -0.2) is 32.3 Å². The van der Waals surface area contributed by atoms with Gasteiger partial charge in [0.25, 0.3) is 0 Å². The third kappa shape index (κ3) is 5.60. The van der Waals surface area contributed by atoms with E-state index in [1.165, 1.54) is 0 Å². The van der Waals surface area contributed by atoms with Crippen LogP contribution in [0.4, 0.5) is 4.79 Å². The van der Waals surface area contributed by atoms with Gasteiger partial charge in [-0.1, -0.05) is 18.2 Å². The van der Waals surface area contributed by atoms with Crippen LogP contribution in [-0.2, 0) is 16.1 Å². The van der Waals surface area contributed by atoms with Crippen molar-refractivity contribution in [2.75, 3.05) is 20.3 Å². The molecule has 0 aliphatic carbocycles. The van der Waals surface area contributed by atoms with E-state index in [1.807, 2.05) is 24.3 Å². The number of hydrogen-bond acceptors (Lipinski definition) is 4. The minimum atomic E-state index is -0.509. The van der Waals surface area contributed by atoms with Crippen molar-refractivity contribution in [2.24, 2.45) is 0 Å². The smallest absolute Gasteiger partial charge is 0.407 e. The van der Waals surface area contributed by atoms with E-state index in [-0.39, 0.29) is 18.9 Å². The molecule has 2 amide bonds. The number of nitrogens with one attached hydrogen (secondary N) is 2. The number of rotatable bonds is 7. The quantitative estimate of drug-likeness (QED) is 0.792. The predicted octanol–water partition coefficient (Wildman–Crippen LogP) is 1.45. The van der Waals surface area contributed by atoms with Crippen LogP contribution in [0.2, 0.25) is 0 Å². The Kier molecular flexibility index (Phi) is 6.95. The van der Waals surface area contributed by atoms with Gasteiger partial charge in [-0.2, -0.15) is 0 Å². The minimum Gasteiger partial charge on any atom is -0.496 e. The Morgan fingerprint density at radius 2 is 1.95 bits per heavy atom. The zero-order valence-corrected chi connectivity index (χ0v) is 11.8. The number of amides is 2. The first-order chi connectivity index (χ1) is 9.67. The van der Waals surface area contributed by atoms with Crippen LogP contribution in [0.15, 0.2) is 24.3 Å². The molecule has 20 heavy (non-hydrogen) atoms. The molecule has 0 radical (unpaired) electrons. The van der Waals surface area contributed by atoms with E-state index in [0.717, 1.165) is 11.3 Å². The highest BCUT2D eigenvalue weighted by Crippen LogP contribution is 2.16. The summed E-state index contributed by atoms with van der Waals surface area (Å²) in [5.74, 6) is 0.588. The number of alkyl carbamates (subject to hydrolysis) is 1. The van der Waals surface area contributed by atoms with Crippen molar-refractivity contribution in [2.45, 2.75) is 19.9 Å². The van der Waals surface area contributed by atoms with E-state index in [9.17, 15) is 9.59 Å². The first-order valence-electron chi connectivity index (χ1n) is 6.46. The Bertz CT molecular complexity index is 449. The molecule has 0 atom stereocenters. The molecule has 6 heteroatoms. The zero-order valence-electron chi connectivity index (χ0n) is 11.8. The Labute approximate surface area is 118 Å². The molecule has 0 fully saturated rings. The second-order valence-corrected chi connectivity index (χ2v) is 3.99. The minimum absolute atomic E-state index is 0.146. The second kappa shape index (κ2) is 8.79. The summed E-state index contributed by atoms with van der Waals surface area (Å²) < 4.78 is 9.88. The predicted molar refractivity (Wildman–Crippen MR) is 74.5 cm³/mol. The van der Waals surface area contributed by atoms with E-state index in [2.05, 4.69) is 15.4 Å². The van der Waals surface area contributed by atoms with E-state index < -0.39 is 6.09 Å². The second-order valence-electron chi connectivity index (χ2n) is 3.99. The fourth-order valence-corrected chi connectivity index (χ4v) is 1.59. The summed E-state index contributed by atoms with van der Waals surface area (Å²) in [6.07, 6.45) is -0.307. The average molecular weight is 280 g/mol. The van der Waals surface area contributed by atoms with Gasteiger partial charge in [0.05, 0.1) is 13.7 Å². The van der Waals surface area contributed by atoms with Gasteiger partial charge in [-0.05, 0) is 13.0 Å². The lowest BCUT2D eigenvalue weighted by Gasteiger charge is -2.09. The third-order valence-corrected chi connectivity index (χ3v) is 2.57. The SMILES string of the molecule is CCOC(=O)NCCC(=O)NCc1ccccc1OC. The normalized spacial score (nSPS) is 9.70. The first kappa shape index (κ1) is 15.8. The highest BCUT2D eigenvalue weighted by Gasteiger charge is 2.06. The number of ether oxygens (including phenoxy) is 2. The van der Waals surface area contributed by atoms with Gasteiger partial charge in [-0.15, -0.1) is 0 Å². The number of benzene rings is 1. The fourth-order valence-electron chi connectivity index (χ4n) is 1.59. The standard InChI is InChI=1S/C14H20N2O4/c1-3-20-14(18)15-9-8-13(17)16-10-11-6-4-5-7-12(11)19-2/h4-7H,3,8-10H2,1-2H3,(H,15,18)(H,16,17). The van der Waals surface area contributed by atoms with Crippen molar-refractivity contribution in [1.82, 2.24) is 10.6 Å². The van der Waals surface area contributed by atoms with Gasteiger partial charge < -0.3 is 20.1 Å². The van der Waals surface area contributed by atoms with Crippen LogP contribution in [0.3, 0.4) is 0 Å². The highest BCUT2D eigenvalue weighted by atomic mass is 16.5. The van der Waals surface area contributed by atoms with Gasteiger partial charge in [0, 0.05) is 25.1 Å². The largest absolute Gasteiger partial charge is 0.496 e. The van der Waals surface area contributed by atoms with E-state index in [1.54, 1.807) is 14.0 Å². The first-order valence-corrected chi connectivity index (χ1v) is 6.46. The van der Waals surface area contributed by atoms with Crippen LogP contribution >= 0.6 is 0 Å². The monoisotopic (exact) mass is 280 g/mol. The molecule has 0 bridgehead atoms. The van der Waals surface area contributed by atoms with Crippen LogP contribution in [0.1, 0.15) is 18.9 Å². The number of methoxy groups -OCH3 is 1. The molecule has 1 aromatic carbocycles. The lowest BCUT2D eigenvalue weighted by molar-refractivity contribution is -0.121. The van der Waals surface area contributed by atoms with E-state index in [4.69, 9.17) is 4.74 Å². The topological polar surface area (TPSA) is 76.7 Å². The van der Waals surface area contributed by atoms with Crippen molar-refractivity contribution in [1.29, 1.82) is 0 Å². The van der Waals surface area contributed by atoms with Gasteiger partial charge in [0.15, 0.2) is 0 Å². The van der Waals surface area contributed by atoms with Crippen molar-refractivity contribution >= 4 is 12.0 Å². The number of hydrogen-bond donors (Lipinski definition) is 2. The number of para-hydroxylation sites is 1. The third-order valence-electron chi connectivity index (χ3n) is 2.57. The molecule has 0 saturated carbocycles. The molecular weight excluding hydrogens is 260 g/mol. The van der Waals surface area contributed by atoms with Gasteiger partial charge in [-0.25, -0.2) is 4.79 Å². The molecule has 1 rings (SSSR count). The molecule has 2 N–H and O–H groups in total. The van der Waals surface area contributed by atoms with Crippen molar-refractivity contribution < 1.29 is 19.1 Å². The molecule has 0 spiro atoms. The van der Waals surface area contributed by atoms with Crippen LogP contribution in [0.5, 0.6) is 5.75 Å². The van der Waals surface area contributed by atoms with E-state index in [0.29, 0.717) is 13.2 Å². The number of carbonyl (C=O) groups is 2. The maximum Gasteiger partial charge on any atom is 0.407 e. The average Bonchev–Trinajstić information content (AvgIpc) is 2.45. The zero-order chi connectivity index (χ0) is 14.8. The highest BCUT2D eigenvalue weighted by molar-refractivity contribution is 5.77. The van der Waals surface area contributed by atoms with Crippen LogP contribution < -0.4 is 15.4 Å². The van der Waals surface area contributed by atoms with Crippen molar-refractivity contribution in [3.05, 3.63) is 29.8 Å². The molecule has 0 aliphatic rings. The molecule has 0 aromatic heterocycles. The Hall–Kier alpha value is -2.24. The van der Waals surface area contributed by atoms with Gasteiger partial charge in [0.2, 0.25) is 5.91 Å². The molecule has 0 unspecified atom stereocenters. The van der Waals surface area contributed by atoms with Crippen molar-refractivity contribution in [3.8, 4) is 5.75 Å². The lowest BCUT2D eigenvalue weighted by Crippen LogP contribution is -2.30. The summed E-state index contributed by atoms with van der Waals surface area (Å²) in [7, 11) is 1.59. The molecule has 6 nitrogen and oxygen atoms in total. The van der Waals surface area contributed by atoms with Gasteiger partial charge in [0.1, 0.15) is 5.75 Å². The Balaban J connectivity index is 2.28. The van der Waals surface area contributed by atoms with E-state index >= 15 is 0 Å². The fraction of sp³-hybridized carbons (Fsp3) is 0.429. The van der Waals surface area contributed by atoms with Gasteiger partial charge >= 0.3 is 6.09 Å².